The molecule has 0 aliphatic carbocycles. The highest BCUT2D eigenvalue weighted by molar-refractivity contribution is 5.87. The number of carboxylic acid groups (broad SMARTS) is 1. The van der Waals surface area contributed by atoms with E-state index >= 15 is 0 Å². The van der Waals surface area contributed by atoms with E-state index in [0.29, 0.717) is 11.6 Å². The Balaban J connectivity index is 1.97. The summed E-state index contributed by atoms with van der Waals surface area (Å²) in [4.78, 5) is 16.8. The first-order valence-electron chi connectivity index (χ1n) is 7.48. The predicted octanol–water partition coefficient (Wildman–Crippen LogP) is 3.72. The first kappa shape index (κ1) is 14.9. The maximum Gasteiger partial charge on any atom is 0.335 e. The van der Waals surface area contributed by atoms with Crippen molar-refractivity contribution in [1.29, 1.82) is 0 Å². The lowest BCUT2D eigenvalue weighted by Crippen LogP contribution is -2.41. The van der Waals surface area contributed by atoms with Crippen LogP contribution in [0.25, 0.3) is 0 Å². The van der Waals surface area contributed by atoms with Gasteiger partial charge < -0.3 is 9.94 Å². The van der Waals surface area contributed by atoms with Gasteiger partial charge in [-0.2, -0.15) is 0 Å². The number of rotatable bonds is 6. The molecule has 0 amide bonds. The summed E-state index contributed by atoms with van der Waals surface area (Å²) in [6, 6.07) is 7.12. The summed E-state index contributed by atoms with van der Waals surface area (Å²) < 4.78 is 0. The van der Waals surface area contributed by atoms with Crippen molar-refractivity contribution in [3.63, 3.8) is 0 Å². The summed E-state index contributed by atoms with van der Waals surface area (Å²) in [7, 11) is 0. The van der Waals surface area contributed by atoms with Crippen molar-refractivity contribution in [1.82, 2.24) is 5.06 Å². The quantitative estimate of drug-likeness (QED) is 0.861. The predicted molar refractivity (Wildman–Crippen MR) is 77.9 cm³/mol. The first-order chi connectivity index (χ1) is 9.70. The molecule has 0 radical (unpaired) electrons. The van der Waals surface area contributed by atoms with Crippen molar-refractivity contribution < 1.29 is 14.7 Å². The number of nitrogens with zero attached hydrogens (tertiary/aromatic N) is 1. The number of aromatic carboxylic acids is 1. The van der Waals surface area contributed by atoms with Crippen molar-refractivity contribution in [2.24, 2.45) is 0 Å². The maximum absolute atomic E-state index is 10.8. The fourth-order valence-electron chi connectivity index (χ4n) is 2.62. The molecule has 110 valence electrons. The van der Waals surface area contributed by atoms with Crippen molar-refractivity contribution in [3.8, 4) is 5.75 Å². The number of carboxylic acids is 1. The molecule has 1 aliphatic heterocycles. The van der Waals surface area contributed by atoms with Crippen molar-refractivity contribution >= 4 is 5.97 Å². The fraction of sp³-hybridized carbons (Fsp3) is 0.562. The standard InChI is InChI=1S/C16H23NO3/c1-2-3-6-14-7-4-5-12-17(14)20-15-10-8-13(9-11-15)16(18)19/h8-11,14H,2-7,12H2,1H3,(H,18,19). The molecule has 4 nitrogen and oxygen atoms in total. The fourth-order valence-corrected chi connectivity index (χ4v) is 2.62. The summed E-state index contributed by atoms with van der Waals surface area (Å²) in [5.74, 6) is -0.186. The van der Waals surface area contributed by atoms with E-state index in [2.05, 4.69) is 12.0 Å². The van der Waals surface area contributed by atoms with Crippen LogP contribution in [0, 0.1) is 0 Å². The number of unbranched alkanes of at least 4 members (excludes halogenated alkanes) is 1. The third kappa shape index (κ3) is 3.97. The Hall–Kier alpha value is -1.55. The number of hydrogen-bond donors (Lipinski definition) is 1. The molecule has 20 heavy (non-hydrogen) atoms. The molecule has 1 N–H and O–H groups in total. The molecule has 1 aromatic carbocycles. The molecule has 1 heterocycles. The second kappa shape index (κ2) is 7.29. The van der Waals surface area contributed by atoms with E-state index in [1.807, 2.05) is 0 Å². The monoisotopic (exact) mass is 277 g/mol. The topological polar surface area (TPSA) is 49.8 Å². The van der Waals surface area contributed by atoms with Gasteiger partial charge in [0.05, 0.1) is 5.56 Å². The molecule has 0 bridgehead atoms. The van der Waals surface area contributed by atoms with Gasteiger partial charge in [0.1, 0.15) is 5.75 Å². The minimum absolute atomic E-state index is 0.290. The van der Waals surface area contributed by atoms with Crippen LogP contribution in [0.1, 0.15) is 55.8 Å². The van der Waals surface area contributed by atoms with Crippen LogP contribution in [-0.2, 0) is 0 Å². The Bertz CT molecular complexity index is 430. The highest BCUT2D eigenvalue weighted by atomic mass is 16.7. The Morgan fingerprint density at radius 2 is 2.10 bits per heavy atom. The molecule has 1 fully saturated rings. The van der Waals surface area contributed by atoms with Crippen LogP contribution in [0.15, 0.2) is 24.3 Å². The van der Waals surface area contributed by atoms with Gasteiger partial charge in [-0.1, -0.05) is 26.2 Å². The molecule has 2 rings (SSSR count). The van der Waals surface area contributed by atoms with E-state index in [0.717, 1.165) is 18.7 Å². The van der Waals surface area contributed by atoms with Gasteiger partial charge in [-0.25, -0.2) is 4.79 Å². The number of piperidine rings is 1. The average Bonchev–Trinajstić information content (AvgIpc) is 2.47. The van der Waals surface area contributed by atoms with Crippen LogP contribution < -0.4 is 4.84 Å². The van der Waals surface area contributed by atoms with E-state index in [4.69, 9.17) is 9.94 Å². The Morgan fingerprint density at radius 3 is 2.75 bits per heavy atom. The smallest absolute Gasteiger partial charge is 0.335 e. The minimum atomic E-state index is -0.907. The SMILES string of the molecule is CCCCC1CCCCN1Oc1ccc(C(=O)O)cc1. The largest absolute Gasteiger partial charge is 0.478 e. The molecule has 1 aromatic rings. The van der Waals surface area contributed by atoms with Crippen LogP contribution in [-0.4, -0.2) is 28.7 Å². The number of carbonyl (C=O) groups is 1. The maximum atomic E-state index is 10.8. The summed E-state index contributed by atoms with van der Waals surface area (Å²) >= 11 is 0. The van der Waals surface area contributed by atoms with E-state index in [1.54, 1.807) is 24.3 Å². The molecule has 0 saturated carbocycles. The summed E-state index contributed by atoms with van der Waals surface area (Å²) in [5.41, 5.74) is 0.290. The van der Waals surface area contributed by atoms with Gasteiger partial charge >= 0.3 is 5.97 Å². The van der Waals surface area contributed by atoms with E-state index < -0.39 is 5.97 Å². The number of hydrogen-bond acceptors (Lipinski definition) is 3. The van der Waals surface area contributed by atoms with E-state index in [9.17, 15) is 4.79 Å². The highest BCUT2D eigenvalue weighted by Gasteiger charge is 2.23. The van der Waals surface area contributed by atoms with E-state index in [-0.39, 0.29) is 0 Å². The lowest BCUT2D eigenvalue weighted by atomic mass is 9.99. The lowest BCUT2D eigenvalue weighted by Gasteiger charge is -2.34. The molecular weight excluding hydrogens is 254 g/mol. The molecule has 1 saturated heterocycles. The zero-order chi connectivity index (χ0) is 14.4. The number of benzene rings is 1. The third-order valence-corrected chi connectivity index (χ3v) is 3.79. The lowest BCUT2D eigenvalue weighted by molar-refractivity contribution is -0.114. The van der Waals surface area contributed by atoms with Crippen LogP contribution in [0.3, 0.4) is 0 Å². The normalized spacial score (nSPS) is 19.8. The summed E-state index contributed by atoms with van der Waals surface area (Å²) in [6.07, 6.45) is 7.22. The van der Waals surface area contributed by atoms with Crippen molar-refractivity contribution in [2.75, 3.05) is 6.54 Å². The Labute approximate surface area is 120 Å². The molecule has 0 spiro atoms. The van der Waals surface area contributed by atoms with Gasteiger partial charge in [-0.15, -0.1) is 5.06 Å². The highest BCUT2D eigenvalue weighted by Crippen LogP contribution is 2.24. The van der Waals surface area contributed by atoms with Gasteiger partial charge in [0.2, 0.25) is 0 Å². The molecule has 1 aliphatic rings. The van der Waals surface area contributed by atoms with Gasteiger partial charge in [0.25, 0.3) is 0 Å². The van der Waals surface area contributed by atoms with Crippen molar-refractivity contribution in [3.05, 3.63) is 29.8 Å². The second-order valence-electron chi connectivity index (χ2n) is 5.35. The van der Waals surface area contributed by atoms with Gasteiger partial charge in [-0.05, 0) is 43.5 Å². The van der Waals surface area contributed by atoms with Crippen LogP contribution in [0.4, 0.5) is 0 Å². The summed E-state index contributed by atoms with van der Waals surface area (Å²) in [6.45, 7) is 3.16. The second-order valence-corrected chi connectivity index (χ2v) is 5.35. The van der Waals surface area contributed by atoms with Crippen LogP contribution in [0.2, 0.25) is 0 Å². The Morgan fingerprint density at radius 1 is 1.35 bits per heavy atom. The molecule has 1 atom stereocenters. The first-order valence-corrected chi connectivity index (χ1v) is 7.48. The minimum Gasteiger partial charge on any atom is -0.478 e. The zero-order valence-electron chi connectivity index (χ0n) is 12.0. The van der Waals surface area contributed by atoms with Gasteiger partial charge in [-0.3, -0.25) is 0 Å². The van der Waals surface area contributed by atoms with Gasteiger partial charge in [0.15, 0.2) is 0 Å². The van der Waals surface area contributed by atoms with Gasteiger partial charge in [0, 0.05) is 12.6 Å². The summed E-state index contributed by atoms with van der Waals surface area (Å²) in [5, 5.41) is 11.0. The van der Waals surface area contributed by atoms with Crippen LogP contribution >= 0.6 is 0 Å². The zero-order valence-corrected chi connectivity index (χ0v) is 12.0. The average molecular weight is 277 g/mol. The van der Waals surface area contributed by atoms with Crippen molar-refractivity contribution in [2.45, 2.75) is 51.5 Å². The molecular formula is C16H23NO3. The van der Waals surface area contributed by atoms with Crippen LogP contribution in [0.5, 0.6) is 5.75 Å². The molecule has 1 unspecified atom stereocenters. The van der Waals surface area contributed by atoms with E-state index in [1.165, 1.54) is 32.1 Å². The Kier molecular flexibility index (Phi) is 5.41. The molecule has 0 aromatic heterocycles. The molecule has 4 heteroatoms. The number of hydroxylamine groups is 2. The third-order valence-electron chi connectivity index (χ3n) is 3.79.